The average molecular weight is 511 g/mol. The Morgan fingerprint density at radius 2 is 1.97 bits per heavy atom. The number of rotatable bonds is 6. The quantitative estimate of drug-likeness (QED) is 0.380. The van der Waals surface area contributed by atoms with Gasteiger partial charge in [-0.25, -0.2) is 9.78 Å². The van der Waals surface area contributed by atoms with Crippen LogP contribution in [0.5, 0.6) is 0 Å². The predicted octanol–water partition coefficient (Wildman–Crippen LogP) is 1.99. The third-order valence-corrected chi connectivity index (χ3v) is 6.98. The molecule has 1 aromatic carbocycles. The molecule has 12 heteroatoms. The van der Waals surface area contributed by atoms with Crippen molar-refractivity contribution in [2.75, 3.05) is 12.4 Å². The average Bonchev–Trinajstić information content (AvgIpc) is 3.56. The monoisotopic (exact) mass is 510 g/mol. The van der Waals surface area contributed by atoms with Crippen LogP contribution in [0.25, 0.3) is 10.9 Å². The molecule has 2 aliphatic rings. The third kappa shape index (κ3) is 4.15. The van der Waals surface area contributed by atoms with E-state index in [9.17, 15) is 19.2 Å². The fraction of sp³-hybridized carbons (Fsp3) is 0.333. The normalized spacial score (nSPS) is 20.5. The Bertz CT molecular complexity index is 1400. The number of fused-ring (bicyclic) bond motifs is 3. The Hall–Kier alpha value is -3.99. The molecule has 3 N–H and O–H groups in total. The van der Waals surface area contributed by atoms with E-state index in [1.54, 1.807) is 29.2 Å². The van der Waals surface area contributed by atoms with Crippen LogP contribution in [0.2, 0.25) is 5.15 Å². The summed E-state index contributed by atoms with van der Waals surface area (Å²) in [6, 6.07) is 8.94. The minimum Gasteiger partial charge on any atom is -0.465 e. The molecule has 1 aliphatic carbocycles. The second-order valence-corrected chi connectivity index (χ2v) is 9.29. The van der Waals surface area contributed by atoms with Crippen molar-refractivity contribution in [3.8, 4) is 0 Å². The highest BCUT2D eigenvalue weighted by molar-refractivity contribution is 6.30. The van der Waals surface area contributed by atoms with Gasteiger partial charge in [0.05, 0.1) is 18.2 Å². The first-order valence-corrected chi connectivity index (χ1v) is 11.8. The van der Waals surface area contributed by atoms with E-state index in [1.165, 1.54) is 23.9 Å². The number of carbonyl (C=O) groups is 4. The standard InChI is InChI=1S/C24H23ClN6O5/c1-36-24(35)13-9-17(25)27-18(10-13)28-23(34)21-12-6-7-14(8-12)31(21)19(32)11-30-16-5-3-2-4-15(16)20(29-30)22(26)33/h2-5,9-10,12,14,21H,6-8,11H2,1H3,(H2,26,33)(H,27,28,34)/t12-,14+,21-/m0/s1. The molecule has 3 amide bonds. The van der Waals surface area contributed by atoms with Crippen LogP contribution in [-0.4, -0.2) is 62.5 Å². The van der Waals surface area contributed by atoms with Crippen molar-refractivity contribution < 1.29 is 23.9 Å². The number of likely N-dealkylation sites (tertiary alicyclic amines) is 1. The molecule has 3 aromatic rings. The number of methoxy groups -OCH3 is 1. The topological polar surface area (TPSA) is 150 Å². The van der Waals surface area contributed by atoms with Crippen LogP contribution in [0, 0.1) is 5.92 Å². The molecule has 0 spiro atoms. The van der Waals surface area contributed by atoms with Crippen molar-refractivity contribution in [1.82, 2.24) is 19.7 Å². The van der Waals surface area contributed by atoms with Gasteiger partial charge in [0.1, 0.15) is 23.6 Å². The molecule has 1 saturated carbocycles. The highest BCUT2D eigenvalue weighted by atomic mass is 35.5. The van der Waals surface area contributed by atoms with E-state index in [0.29, 0.717) is 17.3 Å². The van der Waals surface area contributed by atoms with E-state index in [0.717, 1.165) is 12.8 Å². The minimum atomic E-state index is -0.712. The number of nitrogens with two attached hydrogens (primary N) is 1. The highest BCUT2D eigenvalue weighted by Crippen LogP contribution is 2.43. The molecule has 0 radical (unpaired) electrons. The smallest absolute Gasteiger partial charge is 0.338 e. The molecule has 186 valence electrons. The number of carbonyl (C=O) groups excluding carboxylic acids is 4. The fourth-order valence-corrected chi connectivity index (χ4v) is 5.53. The van der Waals surface area contributed by atoms with Gasteiger partial charge in [-0.2, -0.15) is 5.10 Å². The van der Waals surface area contributed by atoms with Gasteiger partial charge in [0.25, 0.3) is 5.91 Å². The lowest BCUT2D eigenvalue weighted by molar-refractivity contribution is -0.141. The number of amides is 3. The summed E-state index contributed by atoms with van der Waals surface area (Å²) in [5.74, 6) is -1.92. The van der Waals surface area contributed by atoms with Crippen molar-refractivity contribution in [3.05, 3.63) is 52.8 Å². The number of para-hydroxylation sites is 1. The van der Waals surface area contributed by atoms with Gasteiger partial charge in [-0.15, -0.1) is 0 Å². The molecule has 1 saturated heterocycles. The summed E-state index contributed by atoms with van der Waals surface area (Å²) in [7, 11) is 1.24. The first-order valence-electron chi connectivity index (χ1n) is 11.4. The molecular formula is C24H23ClN6O5. The van der Waals surface area contributed by atoms with E-state index >= 15 is 0 Å². The largest absolute Gasteiger partial charge is 0.465 e. The number of pyridine rings is 1. The van der Waals surface area contributed by atoms with Crippen LogP contribution in [-0.2, 0) is 20.9 Å². The summed E-state index contributed by atoms with van der Waals surface area (Å²) < 4.78 is 6.16. The lowest BCUT2D eigenvalue weighted by Crippen LogP contribution is -2.52. The number of anilines is 1. The van der Waals surface area contributed by atoms with Gasteiger partial charge in [0, 0.05) is 11.4 Å². The number of benzene rings is 1. The number of piperidine rings is 1. The maximum atomic E-state index is 13.5. The van der Waals surface area contributed by atoms with E-state index in [2.05, 4.69) is 15.4 Å². The van der Waals surface area contributed by atoms with Crippen LogP contribution >= 0.6 is 11.6 Å². The zero-order chi connectivity index (χ0) is 25.6. The maximum absolute atomic E-state index is 13.5. The van der Waals surface area contributed by atoms with Gasteiger partial charge in [-0.1, -0.05) is 29.8 Å². The SMILES string of the molecule is COC(=O)c1cc(Cl)nc(NC(=O)[C@@H]2[C@H]3CC[C@H](C3)N2C(=O)Cn2nc(C(N)=O)c3ccccc32)c1. The second-order valence-electron chi connectivity index (χ2n) is 8.91. The van der Waals surface area contributed by atoms with E-state index in [-0.39, 0.29) is 46.6 Å². The van der Waals surface area contributed by atoms with Gasteiger partial charge in [0.15, 0.2) is 5.69 Å². The zero-order valence-electron chi connectivity index (χ0n) is 19.3. The maximum Gasteiger partial charge on any atom is 0.338 e. The lowest BCUT2D eigenvalue weighted by Gasteiger charge is -2.34. The van der Waals surface area contributed by atoms with Crippen molar-refractivity contribution >= 4 is 52.0 Å². The molecule has 36 heavy (non-hydrogen) atoms. The summed E-state index contributed by atoms with van der Waals surface area (Å²) in [6.45, 7) is -0.150. The Kier molecular flexibility index (Phi) is 6.09. The third-order valence-electron chi connectivity index (χ3n) is 6.78. The summed E-state index contributed by atoms with van der Waals surface area (Å²) in [5.41, 5.74) is 6.30. The van der Waals surface area contributed by atoms with Crippen LogP contribution in [0.4, 0.5) is 5.82 Å². The summed E-state index contributed by atoms with van der Waals surface area (Å²) in [5, 5.41) is 7.55. The van der Waals surface area contributed by atoms with Crippen molar-refractivity contribution in [3.63, 3.8) is 0 Å². The minimum absolute atomic E-state index is 0.00578. The molecule has 5 rings (SSSR count). The van der Waals surface area contributed by atoms with Gasteiger partial charge < -0.3 is 20.7 Å². The second kappa shape index (κ2) is 9.23. The first kappa shape index (κ1) is 23.7. The van der Waals surface area contributed by atoms with E-state index in [1.807, 2.05) is 0 Å². The molecule has 2 aromatic heterocycles. The Balaban J connectivity index is 1.40. The number of nitrogens with zero attached hydrogens (tertiary/aromatic N) is 4. The molecule has 2 bridgehead atoms. The Labute approximate surface area is 210 Å². The molecule has 3 atom stereocenters. The number of primary amides is 1. The van der Waals surface area contributed by atoms with Crippen molar-refractivity contribution in [2.45, 2.75) is 37.9 Å². The van der Waals surface area contributed by atoms with Gasteiger partial charge in [0.2, 0.25) is 11.8 Å². The van der Waals surface area contributed by atoms with Crippen molar-refractivity contribution in [2.24, 2.45) is 11.7 Å². The number of aromatic nitrogens is 3. The summed E-state index contributed by atoms with van der Waals surface area (Å²) in [4.78, 5) is 56.3. The van der Waals surface area contributed by atoms with Crippen molar-refractivity contribution in [1.29, 1.82) is 0 Å². The zero-order valence-corrected chi connectivity index (χ0v) is 20.1. The number of hydrogen-bond donors (Lipinski definition) is 2. The number of hydrogen-bond acceptors (Lipinski definition) is 7. The molecule has 1 aliphatic heterocycles. The molecule has 3 heterocycles. The lowest BCUT2D eigenvalue weighted by atomic mass is 9.97. The van der Waals surface area contributed by atoms with Gasteiger partial charge in [-0.05, 0) is 43.4 Å². The van der Waals surface area contributed by atoms with Gasteiger partial charge in [-0.3, -0.25) is 19.1 Å². The molecule has 11 nitrogen and oxygen atoms in total. The number of esters is 1. The van der Waals surface area contributed by atoms with Gasteiger partial charge >= 0.3 is 5.97 Å². The summed E-state index contributed by atoms with van der Waals surface area (Å²) >= 11 is 6.02. The highest BCUT2D eigenvalue weighted by Gasteiger charge is 2.51. The van der Waals surface area contributed by atoms with E-state index < -0.39 is 23.8 Å². The van der Waals surface area contributed by atoms with Crippen LogP contribution in [0.1, 0.15) is 40.1 Å². The van der Waals surface area contributed by atoms with E-state index in [4.69, 9.17) is 22.1 Å². The molecular weight excluding hydrogens is 488 g/mol. The first-order chi connectivity index (χ1) is 17.3. The number of ether oxygens (including phenoxy) is 1. The molecule has 0 unspecified atom stereocenters. The van der Waals surface area contributed by atoms with Crippen LogP contribution in [0.15, 0.2) is 36.4 Å². The predicted molar refractivity (Wildman–Crippen MR) is 129 cm³/mol. The summed E-state index contributed by atoms with van der Waals surface area (Å²) in [6.07, 6.45) is 2.33. The fourth-order valence-electron chi connectivity index (χ4n) is 5.32. The Morgan fingerprint density at radius 3 is 2.72 bits per heavy atom. The van der Waals surface area contributed by atoms with Crippen LogP contribution < -0.4 is 11.1 Å². The molecule has 2 fully saturated rings. The van der Waals surface area contributed by atoms with Crippen LogP contribution in [0.3, 0.4) is 0 Å². The number of halogens is 1. The Morgan fingerprint density at radius 1 is 1.19 bits per heavy atom. The number of nitrogens with one attached hydrogen (secondary N) is 1.